The van der Waals surface area contributed by atoms with Crippen molar-refractivity contribution in [3.8, 4) is 0 Å². The van der Waals surface area contributed by atoms with E-state index in [1.807, 2.05) is 29.3 Å². The van der Waals surface area contributed by atoms with E-state index in [1.165, 1.54) is 19.3 Å². The summed E-state index contributed by atoms with van der Waals surface area (Å²) in [6.45, 7) is 1.69. The molecule has 90 valence electrons. The molecule has 2 nitrogen and oxygen atoms in total. The van der Waals surface area contributed by atoms with Crippen LogP contribution < -0.4 is 5.32 Å². The highest BCUT2D eigenvalue weighted by Gasteiger charge is 2.35. The van der Waals surface area contributed by atoms with Gasteiger partial charge >= 0.3 is 0 Å². The van der Waals surface area contributed by atoms with Gasteiger partial charge < -0.3 is 10.4 Å². The Labute approximate surface area is 105 Å². The molecule has 0 saturated heterocycles. The van der Waals surface area contributed by atoms with Crippen LogP contribution in [0, 0.1) is 0 Å². The van der Waals surface area contributed by atoms with Crippen molar-refractivity contribution in [3.05, 3.63) is 22.4 Å². The summed E-state index contributed by atoms with van der Waals surface area (Å²) in [5, 5.41) is 15.3. The molecule has 1 heterocycles. The maximum atomic E-state index is 9.91. The van der Waals surface area contributed by atoms with Gasteiger partial charge in [-0.15, -0.1) is 11.3 Å². The first kappa shape index (κ1) is 12.4. The minimum Gasteiger partial charge on any atom is -0.386 e. The fraction of sp³-hybridized carbons (Fsp3) is 0.667. The first-order valence-electron chi connectivity index (χ1n) is 5.73. The highest BCUT2D eigenvalue weighted by molar-refractivity contribution is 8.00. The van der Waals surface area contributed by atoms with Gasteiger partial charge in [-0.25, -0.2) is 0 Å². The molecule has 1 aromatic heterocycles. The van der Waals surface area contributed by atoms with Gasteiger partial charge in [0.15, 0.2) is 0 Å². The van der Waals surface area contributed by atoms with Crippen molar-refractivity contribution in [2.45, 2.75) is 30.1 Å². The monoisotopic (exact) mass is 257 g/mol. The number of hydrogen-bond acceptors (Lipinski definition) is 4. The summed E-state index contributed by atoms with van der Waals surface area (Å²) in [6.07, 6.45) is 5.83. The lowest BCUT2D eigenvalue weighted by atomic mass is 9.84. The van der Waals surface area contributed by atoms with Gasteiger partial charge in [0.2, 0.25) is 0 Å². The third-order valence-electron chi connectivity index (χ3n) is 3.35. The highest BCUT2D eigenvalue weighted by Crippen LogP contribution is 2.42. The fourth-order valence-electron chi connectivity index (χ4n) is 2.04. The molecule has 1 fully saturated rings. The van der Waals surface area contributed by atoms with Gasteiger partial charge in [0.05, 0.1) is 0 Å². The van der Waals surface area contributed by atoms with Gasteiger partial charge in [0.25, 0.3) is 0 Å². The highest BCUT2D eigenvalue weighted by atomic mass is 32.2. The first-order chi connectivity index (χ1) is 7.76. The number of aliphatic hydroxyl groups is 1. The third-order valence-corrected chi connectivity index (χ3v) is 5.75. The molecule has 2 N–H and O–H groups in total. The van der Waals surface area contributed by atoms with Crippen LogP contribution in [-0.2, 0) is 0 Å². The number of rotatable bonds is 6. The van der Waals surface area contributed by atoms with Crippen molar-refractivity contribution in [2.24, 2.45) is 0 Å². The molecular formula is C12H19NOS2. The Balaban J connectivity index is 1.72. The Kier molecular flexibility index (Phi) is 4.30. The second-order valence-corrected chi connectivity index (χ2v) is 6.66. The number of nitrogens with one attached hydrogen (secondary N) is 1. The summed E-state index contributed by atoms with van der Waals surface area (Å²) in [6, 6.07) is 3.98. The predicted octanol–water partition coefficient (Wildman–Crippen LogP) is 2.66. The van der Waals surface area contributed by atoms with Crippen LogP contribution in [0.2, 0.25) is 0 Å². The average Bonchev–Trinajstić information content (AvgIpc) is 2.75. The summed E-state index contributed by atoms with van der Waals surface area (Å²) in [5.74, 6) is 0. The summed E-state index contributed by atoms with van der Waals surface area (Å²) in [5.41, 5.74) is 0. The lowest BCUT2D eigenvalue weighted by Gasteiger charge is -2.40. The van der Waals surface area contributed by atoms with E-state index in [0.717, 1.165) is 11.4 Å². The van der Waals surface area contributed by atoms with E-state index in [1.54, 1.807) is 11.3 Å². The van der Waals surface area contributed by atoms with Gasteiger partial charge in [0.1, 0.15) is 6.10 Å². The van der Waals surface area contributed by atoms with E-state index in [9.17, 15) is 5.11 Å². The largest absolute Gasteiger partial charge is 0.386 e. The molecule has 1 unspecified atom stereocenters. The van der Waals surface area contributed by atoms with Crippen LogP contribution in [0.15, 0.2) is 17.5 Å². The molecule has 0 aliphatic heterocycles. The molecule has 1 atom stereocenters. The van der Waals surface area contributed by atoms with Crippen molar-refractivity contribution in [3.63, 3.8) is 0 Å². The van der Waals surface area contributed by atoms with E-state index in [4.69, 9.17) is 0 Å². The molecule has 0 bridgehead atoms. The van der Waals surface area contributed by atoms with Gasteiger partial charge in [-0.2, -0.15) is 11.8 Å². The van der Waals surface area contributed by atoms with Crippen LogP contribution in [0.3, 0.4) is 0 Å². The Morgan fingerprint density at radius 2 is 2.44 bits per heavy atom. The minimum atomic E-state index is -0.348. The molecule has 4 heteroatoms. The zero-order valence-corrected chi connectivity index (χ0v) is 11.2. The molecule has 1 aromatic rings. The molecule has 1 saturated carbocycles. The zero-order valence-electron chi connectivity index (χ0n) is 9.61. The molecule has 2 rings (SSSR count). The zero-order chi connectivity index (χ0) is 11.4. The number of hydrogen-bond donors (Lipinski definition) is 2. The number of thiophene rings is 1. The van der Waals surface area contributed by atoms with Crippen LogP contribution in [0.5, 0.6) is 0 Å². The van der Waals surface area contributed by atoms with E-state index in [0.29, 0.717) is 11.3 Å². The van der Waals surface area contributed by atoms with E-state index >= 15 is 0 Å². The Morgan fingerprint density at radius 1 is 1.62 bits per heavy atom. The number of aliphatic hydroxyl groups excluding tert-OH is 1. The predicted molar refractivity (Wildman–Crippen MR) is 72.2 cm³/mol. The molecule has 0 amide bonds. The second-order valence-electron chi connectivity index (χ2n) is 4.40. The first-order valence-corrected chi connectivity index (χ1v) is 7.83. The van der Waals surface area contributed by atoms with Crippen molar-refractivity contribution >= 4 is 23.1 Å². The van der Waals surface area contributed by atoms with Crippen molar-refractivity contribution in [2.75, 3.05) is 19.3 Å². The maximum absolute atomic E-state index is 9.91. The van der Waals surface area contributed by atoms with Gasteiger partial charge in [-0.3, -0.25) is 0 Å². The Hall–Kier alpha value is -0.0300. The normalized spacial score (nSPS) is 20.4. The second kappa shape index (κ2) is 5.54. The third kappa shape index (κ3) is 2.80. The lowest BCUT2D eigenvalue weighted by molar-refractivity contribution is 0.174. The van der Waals surface area contributed by atoms with Crippen molar-refractivity contribution < 1.29 is 5.11 Å². The Bertz CT molecular complexity index is 303. The van der Waals surface area contributed by atoms with Crippen LogP contribution in [-0.4, -0.2) is 29.2 Å². The van der Waals surface area contributed by atoms with Crippen LogP contribution >= 0.6 is 23.1 Å². The fourth-order valence-corrected chi connectivity index (χ4v) is 3.70. The molecular weight excluding hydrogens is 238 g/mol. The van der Waals surface area contributed by atoms with Crippen LogP contribution in [0.4, 0.5) is 0 Å². The van der Waals surface area contributed by atoms with Gasteiger partial charge in [-0.05, 0) is 30.5 Å². The lowest BCUT2D eigenvalue weighted by Crippen LogP contribution is -2.44. The molecule has 0 radical (unpaired) electrons. The summed E-state index contributed by atoms with van der Waals surface area (Å²) in [7, 11) is 0. The van der Waals surface area contributed by atoms with Crippen molar-refractivity contribution in [1.82, 2.24) is 5.32 Å². The summed E-state index contributed by atoms with van der Waals surface area (Å²) >= 11 is 3.59. The van der Waals surface area contributed by atoms with Crippen LogP contribution in [0.25, 0.3) is 0 Å². The van der Waals surface area contributed by atoms with E-state index < -0.39 is 0 Å². The maximum Gasteiger partial charge on any atom is 0.101 e. The van der Waals surface area contributed by atoms with E-state index in [2.05, 4.69) is 11.6 Å². The SMILES string of the molecule is CSC1(CNCC(O)c2cccs2)CCC1. The molecule has 1 aliphatic rings. The van der Waals surface area contributed by atoms with E-state index in [-0.39, 0.29) is 6.10 Å². The van der Waals surface area contributed by atoms with Crippen LogP contribution in [0.1, 0.15) is 30.2 Å². The molecule has 1 aliphatic carbocycles. The molecule has 0 spiro atoms. The standard InChI is InChI=1S/C12H19NOS2/c1-15-12(5-3-6-12)9-13-8-10(14)11-4-2-7-16-11/h2,4,7,10,13-14H,3,5-6,8-9H2,1H3. The molecule has 0 aromatic carbocycles. The number of thioether (sulfide) groups is 1. The Morgan fingerprint density at radius 3 is 2.94 bits per heavy atom. The summed E-state index contributed by atoms with van der Waals surface area (Å²) in [4.78, 5) is 1.05. The van der Waals surface area contributed by atoms with Gasteiger partial charge in [-0.1, -0.05) is 12.5 Å². The smallest absolute Gasteiger partial charge is 0.101 e. The van der Waals surface area contributed by atoms with Gasteiger partial charge in [0, 0.05) is 22.7 Å². The minimum absolute atomic E-state index is 0.348. The summed E-state index contributed by atoms with van der Waals surface area (Å²) < 4.78 is 0.454. The average molecular weight is 257 g/mol. The topological polar surface area (TPSA) is 32.3 Å². The quantitative estimate of drug-likeness (QED) is 0.822. The molecule has 16 heavy (non-hydrogen) atoms. The van der Waals surface area contributed by atoms with Crippen molar-refractivity contribution in [1.29, 1.82) is 0 Å².